The van der Waals surface area contributed by atoms with Crippen molar-refractivity contribution in [3.8, 4) is 166 Å². The van der Waals surface area contributed by atoms with Gasteiger partial charge in [0.1, 0.15) is 30.8 Å². The van der Waals surface area contributed by atoms with Gasteiger partial charge in [0, 0.05) is 36.2 Å². The van der Waals surface area contributed by atoms with E-state index in [9.17, 15) is 33.6 Å². The average molecular weight is 1070 g/mol. The standard InChI is InChI=1S/C63H62N4O10S/c1-5-9-12-15-18-21-24-27-30-33-36-39-42-45-57(68)65-56(63(75)66-54(8-4)62(74)67-55(61(64)73)48-49-58(69)70)52-78-51-53(77-60(72)47-44-41-38-35-32-29-26-23-20-17-14-11-7-3)50-76-59(71)46-43-40-37-34-31-28-25-22-19-16-13-10-6-2/h53-56H,5,8-9,12,15,18,21,24,27,30,33,36,39,42,45,48-52H2,1-4H3,(H2,64,73)(H,65,68)(H,66,75)(H,67,74)(H,69,70)/t53-,54+,55-,56+/m1/s1. The van der Waals surface area contributed by atoms with Gasteiger partial charge in [0.05, 0.1) is 0 Å². The quantitative estimate of drug-likeness (QED) is 0.0290. The Labute approximate surface area is 466 Å². The maximum absolute atomic E-state index is 13.9. The van der Waals surface area contributed by atoms with Crippen LogP contribution in [0.25, 0.3) is 0 Å². The Hall–Kier alpha value is -9.52. The summed E-state index contributed by atoms with van der Waals surface area (Å²) in [6.45, 7) is 6.57. The van der Waals surface area contributed by atoms with Gasteiger partial charge in [-0.05, 0) is 175 Å². The van der Waals surface area contributed by atoms with Crippen molar-refractivity contribution in [2.24, 2.45) is 5.73 Å². The highest BCUT2D eigenvalue weighted by Gasteiger charge is 2.29. The number of carboxylic acids is 1. The van der Waals surface area contributed by atoms with E-state index in [2.05, 4.69) is 189 Å². The van der Waals surface area contributed by atoms with Crippen molar-refractivity contribution in [3.63, 3.8) is 0 Å². The van der Waals surface area contributed by atoms with E-state index < -0.39 is 78.8 Å². The maximum Gasteiger partial charge on any atom is 0.385 e. The molecular formula is C63H62N4O10S. The Morgan fingerprint density at radius 1 is 0.474 bits per heavy atom. The molecule has 78 heavy (non-hydrogen) atoms. The average Bonchev–Trinajstić information content (AvgIpc) is 3.41. The lowest BCUT2D eigenvalue weighted by molar-refractivity contribution is -0.150. The van der Waals surface area contributed by atoms with Gasteiger partial charge in [-0.15, -0.1) is 0 Å². The van der Waals surface area contributed by atoms with Gasteiger partial charge < -0.3 is 36.3 Å². The lowest BCUT2D eigenvalue weighted by Crippen LogP contribution is -2.56. The van der Waals surface area contributed by atoms with Crippen LogP contribution in [-0.2, 0) is 43.0 Å². The zero-order valence-electron chi connectivity index (χ0n) is 44.6. The largest absolute Gasteiger partial charge is 0.481 e. The highest BCUT2D eigenvalue weighted by atomic mass is 32.2. The Balaban J connectivity index is 6.27. The number of thioether (sulfide) groups is 1. The monoisotopic (exact) mass is 1070 g/mol. The summed E-state index contributed by atoms with van der Waals surface area (Å²) in [5.41, 5.74) is 5.41. The van der Waals surface area contributed by atoms with Crippen LogP contribution in [0, 0.1) is 166 Å². The highest BCUT2D eigenvalue weighted by Crippen LogP contribution is 2.14. The molecule has 0 saturated carbocycles. The third kappa shape index (κ3) is 42.9. The van der Waals surface area contributed by atoms with Crippen molar-refractivity contribution >= 4 is 53.3 Å². The van der Waals surface area contributed by atoms with Crippen LogP contribution in [0.5, 0.6) is 0 Å². The molecule has 0 rings (SSSR count). The number of primary amides is 1. The number of rotatable bonds is 31. The highest BCUT2D eigenvalue weighted by molar-refractivity contribution is 7.99. The SMILES string of the molecule is CC#CC#CC#CC#CC#CC#CC#CC(=O)OC[C@H](CSC[C@H](NC(=O)CCCCCCCCCCCCCCC)C(=O)N[C@@H](CC)C(=O)N[C@H](CCC(=O)O)C(N)=O)OC(=O)C#CC#CC#CC#CC#CC#CC#CC. The summed E-state index contributed by atoms with van der Waals surface area (Å²) in [7, 11) is 0. The molecule has 0 unspecified atom stereocenters. The van der Waals surface area contributed by atoms with Crippen molar-refractivity contribution in [1.29, 1.82) is 0 Å². The van der Waals surface area contributed by atoms with Gasteiger partial charge in [-0.1, -0.05) is 103 Å². The first-order chi connectivity index (χ1) is 37.9. The first-order valence-corrected chi connectivity index (χ1v) is 26.3. The van der Waals surface area contributed by atoms with Crippen molar-refractivity contribution in [2.75, 3.05) is 18.1 Å². The molecule has 0 bridgehead atoms. The molecule has 0 spiro atoms. The Bertz CT molecular complexity index is 3010. The van der Waals surface area contributed by atoms with E-state index >= 15 is 0 Å². The first-order valence-electron chi connectivity index (χ1n) is 25.1. The van der Waals surface area contributed by atoms with E-state index in [-0.39, 0.29) is 30.8 Å². The number of esters is 2. The van der Waals surface area contributed by atoms with Crippen molar-refractivity contribution in [1.82, 2.24) is 16.0 Å². The molecule has 0 aliphatic heterocycles. The second-order valence-corrected chi connectivity index (χ2v) is 17.0. The van der Waals surface area contributed by atoms with Crippen molar-refractivity contribution < 1.29 is 48.1 Å². The predicted octanol–water partition coefficient (Wildman–Crippen LogP) is 3.96. The smallest absolute Gasteiger partial charge is 0.385 e. The van der Waals surface area contributed by atoms with E-state index in [0.717, 1.165) is 37.4 Å². The maximum atomic E-state index is 13.9. The molecule has 0 aromatic rings. The molecule has 0 aromatic carbocycles. The van der Waals surface area contributed by atoms with Gasteiger partial charge >= 0.3 is 17.9 Å². The summed E-state index contributed by atoms with van der Waals surface area (Å²) < 4.78 is 10.7. The number of carbonyl (C=O) groups is 7. The predicted molar refractivity (Wildman–Crippen MR) is 301 cm³/mol. The number of nitrogens with two attached hydrogens (primary N) is 1. The summed E-state index contributed by atoms with van der Waals surface area (Å²) >= 11 is 1.04. The molecule has 0 radical (unpaired) electrons. The van der Waals surface area contributed by atoms with Gasteiger partial charge in [0.25, 0.3) is 0 Å². The van der Waals surface area contributed by atoms with Crippen LogP contribution >= 0.6 is 11.8 Å². The van der Waals surface area contributed by atoms with Crippen LogP contribution in [0.2, 0.25) is 0 Å². The molecule has 0 aliphatic rings. The van der Waals surface area contributed by atoms with Crippen molar-refractivity contribution in [2.45, 2.75) is 161 Å². The normalized spacial score (nSPS) is 9.95. The molecule has 0 heterocycles. The molecule has 15 heteroatoms. The van der Waals surface area contributed by atoms with Gasteiger partial charge in [0.2, 0.25) is 23.6 Å². The molecule has 400 valence electrons. The zero-order valence-corrected chi connectivity index (χ0v) is 45.4. The van der Waals surface area contributed by atoms with E-state index in [1.165, 1.54) is 51.4 Å². The minimum absolute atomic E-state index is 0.0457. The van der Waals surface area contributed by atoms with Crippen molar-refractivity contribution in [3.05, 3.63) is 0 Å². The topological polar surface area (TPSA) is 220 Å². The van der Waals surface area contributed by atoms with Crippen LogP contribution in [-0.4, -0.2) is 89.0 Å². The Morgan fingerprint density at radius 2 is 0.872 bits per heavy atom. The number of aliphatic carboxylic acids is 1. The van der Waals surface area contributed by atoms with E-state index in [1.54, 1.807) is 20.8 Å². The fraction of sp³-hybridized carbons (Fsp3) is 0.444. The third-order valence-corrected chi connectivity index (χ3v) is 10.9. The molecule has 0 fully saturated rings. The molecule has 0 saturated heterocycles. The Kier molecular flexibility index (Phi) is 43.6. The van der Waals surface area contributed by atoms with Gasteiger partial charge in [0.15, 0.2) is 0 Å². The van der Waals surface area contributed by atoms with Gasteiger partial charge in [-0.25, -0.2) is 9.59 Å². The summed E-state index contributed by atoms with van der Waals surface area (Å²) in [6.07, 6.45) is 12.8. The number of ether oxygens (including phenoxy) is 2. The van der Waals surface area contributed by atoms with Crippen LogP contribution < -0.4 is 21.7 Å². The minimum Gasteiger partial charge on any atom is -0.481 e. The van der Waals surface area contributed by atoms with Crippen LogP contribution in [0.4, 0.5) is 0 Å². The van der Waals surface area contributed by atoms with Crippen LogP contribution in [0.15, 0.2) is 0 Å². The Morgan fingerprint density at radius 3 is 1.29 bits per heavy atom. The number of unbranched alkanes of at least 4 members (excludes halogenated alkanes) is 12. The first kappa shape index (κ1) is 68.5. The summed E-state index contributed by atoms with van der Waals surface area (Å²) in [5.74, 6) is 61.8. The number of carboxylic acid groups (broad SMARTS) is 1. The summed E-state index contributed by atoms with van der Waals surface area (Å²) in [6, 6.07) is -3.77. The number of hydrogen-bond donors (Lipinski definition) is 5. The second-order valence-electron chi connectivity index (χ2n) is 15.9. The lowest BCUT2D eigenvalue weighted by Gasteiger charge is -2.24. The molecule has 0 aromatic heterocycles. The van der Waals surface area contributed by atoms with E-state index in [0.29, 0.717) is 6.42 Å². The number of amides is 4. The van der Waals surface area contributed by atoms with E-state index in [1.807, 2.05) is 0 Å². The molecule has 14 nitrogen and oxygen atoms in total. The summed E-state index contributed by atoms with van der Waals surface area (Å²) in [4.78, 5) is 89.0. The number of carbonyl (C=O) groups excluding carboxylic acids is 6. The number of hydrogen-bond acceptors (Lipinski definition) is 10. The fourth-order valence-corrected chi connectivity index (χ4v) is 6.97. The zero-order chi connectivity index (χ0) is 57.5. The van der Waals surface area contributed by atoms with E-state index in [4.69, 9.17) is 20.3 Å². The minimum atomic E-state index is -1.32. The molecule has 4 atom stereocenters. The summed E-state index contributed by atoms with van der Waals surface area (Å²) in [5, 5.41) is 16.8. The third-order valence-electron chi connectivity index (χ3n) is 9.72. The van der Waals surface area contributed by atoms with Gasteiger partial charge in [-0.2, -0.15) is 11.8 Å². The molecule has 6 N–H and O–H groups in total. The van der Waals surface area contributed by atoms with Crippen LogP contribution in [0.1, 0.15) is 137 Å². The van der Waals surface area contributed by atoms with Crippen LogP contribution in [0.3, 0.4) is 0 Å². The van der Waals surface area contributed by atoms with Gasteiger partial charge in [-0.3, -0.25) is 24.0 Å². The lowest BCUT2D eigenvalue weighted by atomic mass is 10.0. The number of nitrogens with one attached hydrogen (secondary N) is 3. The molecule has 0 aliphatic carbocycles. The second kappa shape index (κ2) is 49.7. The molecular weight excluding hydrogens is 1000 g/mol. The fourth-order valence-electron chi connectivity index (χ4n) is 5.94. The molecule has 4 amide bonds.